The summed E-state index contributed by atoms with van der Waals surface area (Å²) in [4.78, 5) is 13.3. The molecule has 0 aliphatic carbocycles. The first-order chi connectivity index (χ1) is 6.90. The second-order valence-electron chi connectivity index (χ2n) is 4.59. The molecule has 2 N–H and O–H groups in total. The van der Waals surface area contributed by atoms with Crippen molar-refractivity contribution in [3.05, 3.63) is 0 Å². The number of likely N-dealkylation sites (N-methyl/N-ethyl adjacent to an activating group) is 1. The molecule has 0 saturated carbocycles. The highest BCUT2D eigenvalue weighted by Crippen LogP contribution is 2.07. The van der Waals surface area contributed by atoms with Crippen LogP contribution in [0.1, 0.15) is 27.2 Å². The number of hydrogen-bond donors (Lipinski definition) is 2. The normalized spacial score (nSPS) is 11.9. The fourth-order valence-electron chi connectivity index (χ4n) is 1.04. The van der Waals surface area contributed by atoms with Crippen molar-refractivity contribution in [2.45, 2.75) is 32.7 Å². The molecule has 0 spiro atoms. The molecule has 1 amide bonds. The van der Waals surface area contributed by atoms with E-state index in [1.54, 1.807) is 0 Å². The average molecular weight is 215 g/mol. The van der Waals surface area contributed by atoms with Gasteiger partial charge in [0.05, 0.1) is 0 Å². The van der Waals surface area contributed by atoms with Crippen molar-refractivity contribution in [3.8, 4) is 0 Å². The topological polar surface area (TPSA) is 44.4 Å². The van der Waals surface area contributed by atoms with Crippen LogP contribution in [0.25, 0.3) is 0 Å². The average Bonchev–Trinajstić information content (AvgIpc) is 2.13. The Morgan fingerprint density at radius 3 is 2.40 bits per heavy atom. The van der Waals surface area contributed by atoms with E-state index in [0.29, 0.717) is 13.0 Å². The van der Waals surface area contributed by atoms with Gasteiger partial charge in [0.2, 0.25) is 5.91 Å². The summed E-state index contributed by atoms with van der Waals surface area (Å²) in [6.45, 7) is 8.61. The van der Waals surface area contributed by atoms with Gasteiger partial charge in [0.15, 0.2) is 0 Å². The number of rotatable bonds is 7. The summed E-state index contributed by atoms with van der Waals surface area (Å²) in [5.74, 6) is 0.118. The largest absolute Gasteiger partial charge is 0.356 e. The Kier molecular flexibility index (Phi) is 6.52. The van der Waals surface area contributed by atoms with Crippen molar-refractivity contribution in [2.75, 3.05) is 33.7 Å². The predicted molar refractivity (Wildman–Crippen MR) is 63.9 cm³/mol. The molecule has 0 saturated heterocycles. The van der Waals surface area contributed by atoms with Crippen LogP contribution in [0.4, 0.5) is 0 Å². The lowest BCUT2D eigenvalue weighted by atomic mass is 10.0. The first kappa shape index (κ1) is 14.4. The Hall–Kier alpha value is -0.610. The molecule has 0 aliphatic rings. The molecule has 0 bridgehead atoms. The maximum Gasteiger partial charge on any atom is 0.221 e. The molecule has 0 heterocycles. The number of carbonyl (C=O) groups is 1. The van der Waals surface area contributed by atoms with E-state index in [-0.39, 0.29) is 11.4 Å². The van der Waals surface area contributed by atoms with Crippen LogP contribution in [0.15, 0.2) is 0 Å². The van der Waals surface area contributed by atoms with Crippen molar-refractivity contribution < 1.29 is 4.79 Å². The molecule has 0 aliphatic heterocycles. The summed E-state index contributed by atoms with van der Waals surface area (Å²) in [6.07, 6.45) is 0.553. The van der Waals surface area contributed by atoms with Crippen LogP contribution in [-0.4, -0.2) is 50.1 Å². The van der Waals surface area contributed by atoms with Crippen LogP contribution in [0, 0.1) is 0 Å². The third kappa shape index (κ3) is 6.47. The van der Waals surface area contributed by atoms with E-state index in [0.717, 1.165) is 13.1 Å². The Labute approximate surface area is 93.4 Å². The van der Waals surface area contributed by atoms with Gasteiger partial charge in [0.1, 0.15) is 0 Å². The van der Waals surface area contributed by atoms with E-state index >= 15 is 0 Å². The summed E-state index contributed by atoms with van der Waals surface area (Å²) in [6, 6.07) is 0. The third-order valence-electron chi connectivity index (χ3n) is 2.67. The first-order valence-corrected chi connectivity index (χ1v) is 5.55. The summed E-state index contributed by atoms with van der Waals surface area (Å²) in [7, 11) is 4.12. The number of nitrogens with zero attached hydrogens (tertiary/aromatic N) is 1. The molecule has 0 rings (SSSR count). The van der Waals surface area contributed by atoms with Crippen LogP contribution >= 0.6 is 0 Å². The van der Waals surface area contributed by atoms with Gasteiger partial charge in [-0.25, -0.2) is 0 Å². The minimum atomic E-state index is 0.118. The molecule has 90 valence electrons. The molecule has 0 unspecified atom stereocenters. The van der Waals surface area contributed by atoms with Crippen molar-refractivity contribution in [1.29, 1.82) is 0 Å². The SMILES string of the molecule is CCNC(=O)CCNCC(C)(C)N(C)C. The molecule has 0 fully saturated rings. The van der Waals surface area contributed by atoms with E-state index in [9.17, 15) is 4.79 Å². The van der Waals surface area contributed by atoms with Gasteiger partial charge in [-0.3, -0.25) is 4.79 Å². The Bertz CT molecular complexity index is 190. The maximum atomic E-state index is 11.1. The smallest absolute Gasteiger partial charge is 0.221 e. The number of nitrogens with one attached hydrogen (secondary N) is 2. The zero-order valence-corrected chi connectivity index (χ0v) is 10.7. The van der Waals surface area contributed by atoms with Crippen LogP contribution in [-0.2, 0) is 4.79 Å². The van der Waals surface area contributed by atoms with Gasteiger partial charge in [-0.15, -0.1) is 0 Å². The van der Waals surface area contributed by atoms with Crippen molar-refractivity contribution in [3.63, 3.8) is 0 Å². The molecular formula is C11H25N3O. The van der Waals surface area contributed by atoms with Gasteiger partial charge >= 0.3 is 0 Å². The molecule has 4 heteroatoms. The number of amides is 1. The van der Waals surface area contributed by atoms with Crippen LogP contribution < -0.4 is 10.6 Å². The molecule has 0 atom stereocenters. The monoisotopic (exact) mass is 215 g/mol. The summed E-state index contributed by atoms with van der Waals surface area (Å²) < 4.78 is 0. The van der Waals surface area contributed by atoms with Gasteiger partial charge in [0, 0.05) is 31.6 Å². The highest BCUT2D eigenvalue weighted by molar-refractivity contribution is 5.75. The van der Waals surface area contributed by atoms with E-state index in [1.807, 2.05) is 6.92 Å². The van der Waals surface area contributed by atoms with E-state index in [4.69, 9.17) is 0 Å². The molecule has 0 radical (unpaired) electrons. The molecule has 0 aromatic carbocycles. The standard InChI is InChI=1S/C11H25N3O/c1-6-13-10(15)7-8-12-9-11(2,3)14(4)5/h12H,6-9H2,1-5H3,(H,13,15). The van der Waals surface area contributed by atoms with Gasteiger partial charge < -0.3 is 15.5 Å². The zero-order valence-electron chi connectivity index (χ0n) is 10.7. The Morgan fingerprint density at radius 2 is 1.93 bits per heavy atom. The van der Waals surface area contributed by atoms with Gasteiger partial charge in [-0.1, -0.05) is 0 Å². The lowest BCUT2D eigenvalue weighted by Crippen LogP contribution is -2.47. The molecular weight excluding hydrogens is 190 g/mol. The predicted octanol–water partition coefficient (Wildman–Crippen LogP) is 0.442. The molecule has 15 heavy (non-hydrogen) atoms. The molecule has 0 aromatic heterocycles. The van der Waals surface area contributed by atoms with E-state index in [2.05, 4.69) is 43.5 Å². The first-order valence-electron chi connectivity index (χ1n) is 5.55. The second kappa shape index (κ2) is 6.80. The Morgan fingerprint density at radius 1 is 1.33 bits per heavy atom. The minimum Gasteiger partial charge on any atom is -0.356 e. The summed E-state index contributed by atoms with van der Waals surface area (Å²) >= 11 is 0. The second-order valence-corrected chi connectivity index (χ2v) is 4.59. The maximum absolute atomic E-state index is 11.1. The van der Waals surface area contributed by atoms with E-state index in [1.165, 1.54) is 0 Å². The van der Waals surface area contributed by atoms with Gasteiger partial charge in [-0.2, -0.15) is 0 Å². The van der Waals surface area contributed by atoms with E-state index < -0.39 is 0 Å². The molecule has 4 nitrogen and oxygen atoms in total. The fourth-order valence-corrected chi connectivity index (χ4v) is 1.04. The lowest BCUT2D eigenvalue weighted by molar-refractivity contribution is -0.120. The number of hydrogen-bond acceptors (Lipinski definition) is 3. The highest BCUT2D eigenvalue weighted by Gasteiger charge is 2.19. The van der Waals surface area contributed by atoms with Gasteiger partial charge in [-0.05, 0) is 34.9 Å². The van der Waals surface area contributed by atoms with Crippen LogP contribution in [0.5, 0.6) is 0 Å². The van der Waals surface area contributed by atoms with Crippen LogP contribution in [0.2, 0.25) is 0 Å². The quantitative estimate of drug-likeness (QED) is 0.606. The minimum absolute atomic E-state index is 0.118. The lowest BCUT2D eigenvalue weighted by Gasteiger charge is -2.32. The van der Waals surface area contributed by atoms with Crippen molar-refractivity contribution >= 4 is 5.91 Å². The summed E-state index contributed by atoms with van der Waals surface area (Å²) in [5, 5.41) is 6.07. The van der Waals surface area contributed by atoms with Crippen molar-refractivity contribution in [1.82, 2.24) is 15.5 Å². The summed E-state index contributed by atoms with van der Waals surface area (Å²) in [5.41, 5.74) is 0.126. The highest BCUT2D eigenvalue weighted by atomic mass is 16.1. The van der Waals surface area contributed by atoms with Crippen molar-refractivity contribution in [2.24, 2.45) is 0 Å². The number of carbonyl (C=O) groups excluding carboxylic acids is 1. The Balaban J connectivity index is 3.58. The fraction of sp³-hybridized carbons (Fsp3) is 0.909. The zero-order chi connectivity index (χ0) is 11.9. The molecule has 0 aromatic rings. The van der Waals surface area contributed by atoms with Crippen LogP contribution in [0.3, 0.4) is 0 Å². The van der Waals surface area contributed by atoms with Gasteiger partial charge in [0.25, 0.3) is 0 Å². The third-order valence-corrected chi connectivity index (χ3v) is 2.67.